The van der Waals surface area contributed by atoms with Crippen molar-refractivity contribution >= 4 is 0 Å². The van der Waals surface area contributed by atoms with E-state index in [9.17, 15) is 0 Å². The zero-order valence-corrected chi connectivity index (χ0v) is 13.5. The smallest absolute Gasteiger partial charge is 0.0810 e. The summed E-state index contributed by atoms with van der Waals surface area (Å²) >= 11 is 0. The minimum Gasteiger partial charge on any atom is -0.376 e. The summed E-state index contributed by atoms with van der Waals surface area (Å²) in [7, 11) is 0. The number of hydrogen-bond donors (Lipinski definition) is 1. The van der Waals surface area contributed by atoms with Crippen molar-refractivity contribution in [3.8, 4) is 0 Å². The van der Waals surface area contributed by atoms with Gasteiger partial charge in [0.1, 0.15) is 0 Å². The van der Waals surface area contributed by atoms with Gasteiger partial charge in [-0.2, -0.15) is 0 Å². The number of nitrogens with one attached hydrogen (secondary N) is 1. The van der Waals surface area contributed by atoms with Gasteiger partial charge in [-0.15, -0.1) is 0 Å². The summed E-state index contributed by atoms with van der Waals surface area (Å²) < 4.78 is 11.8. The number of rotatable bonds is 8. The van der Waals surface area contributed by atoms with Gasteiger partial charge >= 0.3 is 0 Å². The maximum Gasteiger partial charge on any atom is 0.0810 e. The van der Waals surface area contributed by atoms with Crippen molar-refractivity contribution in [2.45, 2.75) is 78.0 Å². The maximum absolute atomic E-state index is 6.25. The van der Waals surface area contributed by atoms with Crippen LogP contribution < -0.4 is 5.32 Å². The Morgan fingerprint density at radius 1 is 1.21 bits per heavy atom. The predicted molar refractivity (Wildman–Crippen MR) is 80.5 cm³/mol. The molecule has 19 heavy (non-hydrogen) atoms. The van der Waals surface area contributed by atoms with Crippen molar-refractivity contribution in [2.24, 2.45) is 5.92 Å². The summed E-state index contributed by atoms with van der Waals surface area (Å²) in [5.74, 6) is 0.772. The van der Waals surface area contributed by atoms with Gasteiger partial charge in [0.25, 0.3) is 0 Å². The second kappa shape index (κ2) is 8.23. The molecule has 2 atom stereocenters. The van der Waals surface area contributed by atoms with E-state index < -0.39 is 0 Å². The van der Waals surface area contributed by atoms with E-state index in [1.54, 1.807) is 0 Å². The van der Waals surface area contributed by atoms with Crippen molar-refractivity contribution in [3.63, 3.8) is 0 Å². The van der Waals surface area contributed by atoms with E-state index in [0.29, 0.717) is 25.4 Å². The molecule has 0 heterocycles. The Bertz CT molecular complexity index is 243. The first-order chi connectivity index (χ1) is 8.93. The van der Waals surface area contributed by atoms with Crippen LogP contribution in [0.1, 0.15) is 60.3 Å². The second-order valence-electron chi connectivity index (χ2n) is 6.69. The van der Waals surface area contributed by atoms with E-state index >= 15 is 0 Å². The third-order valence-corrected chi connectivity index (χ3v) is 3.83. The standard InChI is InChI=1S/C16H33NO2/c1-13(2)17-12-16(8-6-7-15(5)11-16)19-10-9-18-14(3)4/h13-15,17H,6-12H2,1-5H3. The molecule has 3 heteroatoms. The van der Waals surface area contributed by atoms with Gasteiger partial charge in [0.2, 0.25) is 0 Å². The second-order valence-corrected chi connectivity index (χ2v) is 6.69. The van der Waals surface area contributed by atoms with Crippen LogP contribution in [0, 0.1) is 5.92 Å². The average molecular weight is 271 g/mol. The van der Waals surface area contributed by atoms with Gasteiger partial charge in [-0.25, -0.2) is 0 Å². The summed E-state index contributed by atoms with van der Waals surface area (Å²) in [6.45, 7) is 13.3. The Balaban J connectivity index is 2.44. The Morgan fingerprint density at radius 2 is 1.95 bits per heavy atom. The van der Waals surface area contributed by atoms with Crippen molar-refractivity contribution in [1.82, 2.24) is 5.32 Å². The summed E-state index contributed by atoms with van der Waals surface area (Å²) in [5, 5.41) is 3.56. The molecule has 1 N–H and O–H groups in total. The third-order valence-electron chi connectivity index (χ3n) is 3.83. The molecule has 1 saturated carbocycles. The molecule has 0 saturated heterocycles. The molecule has 0 bridgehead atoms. The zero-order valence-electron chi connectivity index (χ0n) is 13.5. The first-order valence-electron chi connectivity index (χ1n) is 7.92. The fraction of sp³-hybridized carbons (Fsp3) is 1.00. The van der Waals surface area contributed by atoms with Gasteiger partial charge in [0.05, 0.1) is 24.9 Å². The summed E-state index contributed by atoms with van der Waals surface area (Å²) in [5.41, 5.74) is 0.0300. The number of ether oxygens (including phenoxy) is 2. The molecule has 1 aliphatic carbocycles. The average Bonchev–Trinajstić information content (AvgIpc) is 2.32. The fourth-order valence-electron chi connectivity index (χ4n) is 2.89. The van der Waals surface area contributed by atoms with Crippen LogP contribution in [0.25, 0.3) is 0 Å². The first kappa shape index (κ1) is 16.9. The summed E-state index contributed by atoms with van der Waals surface area (Å²) in [6, 6.07) is 0.518. The maximum atomic E-state index is 6.25. The molecular weight excluding hydrogens is 238 g/mol. The Kier molecular flexibility index (Phi) is 7.33. The normalized spacial score (nSPS) is 28.3. The van der Waals surface area contributed by atoms with Crippen molar-refractivity contribution in [3.05, 3.63) is 0 Å². The molecule has 0 spiro atoms. The lowest BCUT2D eigenvalue weighted by Gasteiger charge is -2.40. The lowest BCUT2D eigenvalue weighted by molar-refractivity contribution is -0.101. The monoisotopic (exact) mass is 271 g/mol. The van der Waals surface area contributed by atoms with Crippen LogP contribution >= 0.6 is 0 Å². The zero-order chi connectivity index (χ0) is 14.3. The Hall–Kier alpha value is -0.120. The molecule has 2 unspecified atom stereocenters. The Morgan fingerprint density at radius 3 is 2.53 bits per heavy atom. The highest BCUT2D eigenvalue weighted by Gasteiger charge is 2.35. The molecule has 1 rings (SSSR count). The van der Waals surface area contributed by atoms with E-state index in [1.165, 1.54) is 25.7 Å². The lowest BCUT2D eigenvalue weighted by atomic mass is 9.78. The highest BCUT2D eigenvalue weighted by Crippen LogP contribution is 2.34. The van der Waals surface area contributed by atoms with E-state index in [4.69, 9.17) is 9.47 Å². The minimum atomic E-state index is 0.0300. The molecule has 1 fully saturated rings. The van der Waals surface area contributed by atoms with E-state index in [2.05, 4.69) is 39.9 Å². The van der Waals surface area contributed by atoms with Crippen molar-refractivity contribution in [2.75, 3.05) is 19.8 Å². The van der Waals surface area contributed by atoms with Crippen LogP contribution in [-0.2, 0) is 9.47 Å². The lowest BCUT2D eigenvalue weighted by Crippen LogP contribution is -2.48. The van der Waals surface area contributed by atoms with Crippen LogP contribution in [0.3, 0.4) is 0 Å². The van der Waals surface area contributed by atoms with Crippen LogP contribution in [0.5, 0.6) is 0 Å². The molecular formula is C16H33NO2. The van der Waals surface area contributed by atoms with Gasteiger partial charge in [-0.05, 0) is 32.6 Å². The largest absolute Gasteiger partial charge is 0.376 e. The SMILES string of the molecule is CC1CCCC(CNC(C)C)(OCCOC(C)C)C1. The van der Waals surface area contributed by atoms with Crippen molar-refractivity contribution in [1.29, 1.82) is 0 Å². The van der Waals surface area contributed by atoms with Crippen LogP contribution in [-0.4, -0.2) is 37.5 Å². The molecule has 0 radical (unpaired) electrons. The van der Waals surface area contributed by atoms with Gasteiger partial charge in [0.15, 0.2) is 0 Å². The topological polar surface area (TPSA) is 30.5 Å². The number of hydrogen-bond acceptors (Lipinski definition) is 3. The molecule has 1 aliphatic rings. The van der Waals surface area contributed by atoms with Crippen LogP contribution in [0.2, 0.25) is 0 Å². The van der Waals surface area contributed by atoms with Crippen LogP contribution in [0.4, 0.5) is 0 Å². The van der Waals surface area contributed by atoms with Gasteiger partial charge in [-0.1, -0.05) is 33.6 Å². The highest BCUT2D eigenvalue weighted by molar-refractivity contribution is 4.89. The minimum absolute atomic E-state index is 0.0300. The molecule has 3 nitrogen and oxygen atoms in total. The third kappa shape index (κ3) is 6.73. The Labute approximate surface area is 119 Å². The summed E-state index contributed by atoms with van der Waals surface area (Å²) in [6.07, 6.45) is 5.27. The molecule has 114 valence electrons. The summed E-state index contributed by atoms with van der Waals surface area (Å²) in [4.78, 5) is 0. The molecule has 0 aliphatic heterocycles. The fourth-order valence-corrected chi connectivity index (χ4v) is 2.89. The van der Waals surface area contributed by atoms with E-state index in [-0.39, 0.29) is 5.60 Å². The van der Waals surface area contributed by atoms with Crippen molar-refractivity contribution < 1.29 is 9.47 Å². The molecule has 0 aromatic carbocycles. The van der Waals surface area contributed by atoms with Crippen LogP contribution in [0.15, 0.2) is 0 Å². The van der Waals surface area contributed by atoms with E-state index in [1.807, 2.05) is 0 Å². The van der Waals surface area contributed by atoms with E-state index in [0.717, 1.165) is 12.5 Å². The van der Waals surface area contributed by atoms with Gasteiger partial charge in [0, 0.05) is 12.6 Å². The predicted octanol–water partition coefficient (Wildman–Crippen LogP) is 3.37. The molecule has 0 aromatic rings. The molecule has 0 amide bonds. The molecule has 0 aromatic heterocycles. The quantitative estimate of drug-likeness (QED) is 0.687. The highest BCUT2D eigenvalue weighted by atomic mass is 16.5. The van der Waals surface area contributed by atoms with Gasteiger partial charge in [-0.3, -0.25) is 0 Å². The first-order valence-corrected chi connectivity index (χ1v) is 7.92. The van der Waals surface area contributed by atoms with Gasteiger partial charge < -0.3 is 14.8 Å².